The summed E-state index contributed by atoms with van der Waals surface area (Å²) < 4.78 is 119. The molecule has 2 aliphatic rings. The van der Waals surface area contributed by atoms with Crippen molar-refractivity contribution in [2.24, 2.45) is 0 Å². The van der Waals surface area contributed by atoms with Crippen molar-refractivity contribution >= 4 is 16.9 Å². The second-order valence-electron chi connectivity index (χ2n) is 6.56. The van der Waals surface area contributed by atoms with Crippen LogP contribution in [0.15, 0.2) is 21.3 Å². The minimum absolute atomic E-state index is 0.131. The first kappa shape index (κ1) is 22.0. The minimum atomic E-state index is -2.56. The van der Waals surface area contributed by atoms with Gasteiger partial charge >= 0.3 is 5.97 Å². The van der Waals surface area contributed by atoms with Crippen LogP contribution < -0.4 is 5.43 Å². The average molecular weight is 476 g/mol. The quantitative estimate of drug-likeness (QED) is 0.182. The van der Waals surface area contributed by atoms with Gasteiger partial charge in [0.25, 0.3) is 5.43 Å². The molecule has 2 aromatic rings. The van der Waals surface area contributed by atoms with E-state index < -0.39 is 103 Å². The van der Waals surface area contributed by atoms with Gasteiger partial charge < -0.3 is 14.6 Å². The number of carbonyl (C=O) groups is 1. The molecule has 33 heavy (non-hydrogen) atoms. The summed E-state index contributed by atoms with van der Waals surface area (Å²) in [6.45, 7) is 0. The van der Waals surface area contributed by atoms with Crippen LogP contribution in [0.1, 0.15) is 10.4 Å². The van der Waals surface area contributed by atoms with E-state index in [0.717, 1.165) is 0 Å². The van der Waals surface area contributed by atoms with Crippen molar-refractivity contribution in [2.45, 2.75) is 0 Å². The number of aromatic hydroxyl groups is 1. The highest BCUT2D eigenvalue weighted by molar-refractivity contribution is 6.08. The number of carboxylic acid groups (broad SMARTS) is 1. The van der Waals surface area contributed by atoms with Crippen molar-refractivity contribution in [3.05, 3.63) is 74.5 Å². The summed E-state index contributed by atoms with van der Waals surface area (Å²) in [4.78, 5) is 23.2. The van der Waals surface area contributed by atoms with E-state index in [2.05, 4.69) is 0 Å². The highest BCUT2D eigenvalue weighted by Crippen LogP contribution is 2.46. The van der Waals surface area contributed by atoms with Crippen LogP contribution in [0, 0.1) is 46.5 Å². The lowest BCUT2D eigenvalue weighted by atomic mass is 9.89. The van der Waals surface area contributed by atoms with Crippen LogP contribution in [-0.4, -0.2) is 16.2 Å². The number of hydrogen-bond acceptors (Lipinski definition) is 4. The first-order valence-electron chi connectivity index (χ1n) is 8.43. The zero-order valence-electron chi connectivity index (χ0n) is 15.3. The molecule has 0 fully saturated rings. The summed E-state index contributed by atoms with van der Waals surface area (Å²) >= 11 is 0. The van der Waals surface area contributed by atoms with Crippen LogP contribution in [0.3, 0.4) is 0 Å². The number of phenolic OH excluding ortho intramolecular Hbond substituents is 1. The Morgan fingerprint density at radius 2 is 1.36 bits per heavy atom. The first-order chi connectivity index (χ1) is 15.4. The van der Waals surface area contributed by atoms with E-state index in [4.69, 9.17) is 4.42 Å². The highest BCUT2D eigenvalue weighted by atomic mass is 19.2. The maximum atomic E-state index is 14.8. The van der Waals surface area contributed by atoms with Gasteiger partial charge in [-0.1, -0.05) is 0 Å². The van der Waals surface area contributed by atoms with E-state index in [1.165, 1.54) is 0 Å². The average Bonchev–Trinajstić information content (AvgIpc) is 2.76. The molecule has 0 radical (unpaired) electrons. The summed E-state index contributed by atoms with van der Waals surface area (Å²) in [6, 6.07) is 0.309. The number of benzene rings is 3. The van der Waals surface area contributed by atoms with Crippen LogP contribution in [0.25, 0.3) is 33.4 Å². The van der Waals surface area contributed by atoms with Gasteiger partial charge in [-0.15, -0.1) is 0 Å². The van der Waals surface area contributed by atoms with Crippen LogP contribution in [0.4, 0.5) is 35.1 Å². The third-order valence-electron chi connectivity index (χ3n) is 4.75. The van der Waals surface area contributed by atoms with E-state index in [1.54, 1.807) is 0 Å². The summed E-state index contributed by atoms with van der Waals surface area (Å²) in [7, 11) is 0. The van der Waals surface area contributed by atoms with E-state index >= 15 is 0 Å². The Morgan fingerprint density at radius 3 is 1.97 bits per heavy atom. The summed E-state index contributed by atoms with van der Waals surface area (Å²) in [6.07, 6.45) is 0. The maximum Gasteiger partial charge on any atom is 0.339 e. The fourth-order valence-electron chi connectivity index (χ4n) is 3.33. The molecule has 0 aromatic heterocycles. The van der Waals surface area contributed by atoms with Crippen LogP contribution in [-0.2, 0) is 0 Å². The van der Waals surface area contributed by atoms with Gasteiger partial charge in [0, 0.05) is 22.1 Å². The standard InChI is InChI=1S/C20H4F8O5/c21-5-1-3-7(8-9(20(31)32)11(24)13(26)12(25)10(8)23)4-2-6(22)17(30)15(28)19(4)33-18(3)14(27)16(5)29/h1-2,29H,(H,31,32). The molecule has 4 rings (SSSR count). The molecule has 0 amide bonds. The van der Waals surface area contributed by atoms with Gasteiger partial charge in [-0.3, -0.25) is 4.79 Å². The molecule has 1 aliphatic heterocycles. The lowest BCUT2D eigenvalue weighted by molar-refractivity contribution is 0.0690. The van der Waals surface area contributed by atoms with Crippen molar-refractivity contribution in [1.29, 1.82) is 0 Å². The van der Waals surface area contributed by atoms with Crippen LogP contribution >= 0.6 is 0 Å². The minimum Gasteiger partial charge on any atom is -0.503 e. The van der Waals surface area contributed by atoms with Crippen molar-refractivity contribution < 1.29 is 54.5 Å². The largest absolute Gasteiger partial charge is 0.503 e. The molecule has 1 heterocycles. The molecule has 0 bridgehead atoms. The first-order valence-corrected chi connectivity index (χ1v) is 8.43. The van der Waals surface area contributed by atoms with Gasteiger partial charge in [-0.2, -0.15) is 8.78 Å². The fraction of sp³-hybridized carbons (Fsp3) is 0. The molecule has 1 aliphatic carbocycles. The Balaban J connectivity index is 2.43. The molecule has 0 spiro atoms. The van der Waals surface area contributed by atoms with Gasteiger partial charge in [-0.05, 0) is 12.1 Å². The number of phenols is 1. The molecule has 0 atom stereocenters. The summed E-state index contributed by atoms with van der Waals surface area (Å²) in [5.74, 6) is -23.1. The molecule has 0 unspecified atom stereocenters. The predicted octanol–water partition coefficient (Wildman–Crippen LogP) is 5.08. The van der Waals surface area contributed by atoms with Crippen LogP contribution in [0.5, 0.6) is 5.75 Å². The third-order valence-corrected chi connectivity index (χ3v) is 4.75. The molecule has 0 saturated heterocycles. The van der Waals surface area contributed by atoms with Crippen molar-refractivity contribution in [1.82, 2.24) is 0 Å². The second-order valence-corrected chi connectivity index (χ2v) is 6.56. The highest BCUT2D eigenvalue weighted by Gasteiger charge is 2.35. The van der Waals surface area contributed by atoms with Crippen molar-refractivity contribution in [3.63, 3.8) is 0 Å². The topological polar surface area (TPSA) is 87.7 Å². The Bertz CT molecular complexity index is 1560. The van der Waals surface area contributed by atoms with Gasteiger partial charge in [0.2, 0.25) is 11.6 Å². The lowest BCUT2D eigenvalue weighted by Crippen LogP contribution is -2.16. The molecular formula is C20H4F8O5. The number of halogens is 8. The normalized spacial score (nSPS) is 11.5. The van der Waals surface area contributed by atoms with Gasteiger partial charge in [-0.25, -0.2) is 31.1 Å². The SMILES string of the molecule is O=C(O)c1c(F)c(F)c(F)c(F)c1-c1c2cc(F)c(=O)c(F)c-2oc2c(F)c(O)c(F)cc12. The molecular weight excluding hydrogens is 472 g/mol. The third kappa shape index (κ3) is 2.92. The van der Waals surface area contributed by atoms with E-state index in [-0.39, 0.29) is 12.1 Å². The number of rotatable bonds is 2. The zero-order valence-corrected chi connectivity index (χ0v) is 15.3. The number of aromatic carboxylic acids is 1. The van der Waals surface area contributed by atoms with Gasteiger partial charge in [0.15, 0.2) is 52.0 Å². The van der Waals surface area contributed by atoms with E-state index in [1.807, 2.05) is 0 Å². The molecule has 2 N–H and O–H groups in total. The Morgan fingerprint density at radius 1 is 0.758 bits per heavy atom. The Hall–Kier alpha value is -4.16. The smallest absolute Gasteiger partial charge is 0.339 e. The Kier molecular flexibility index (Phi) is 4.80. The predicted molar refractivity (Wildman–Crippen MR) is 92.8 cm³/mol. The molecule has 170 valence electrons. The van der Waals surface area contributed by atoms with E-state index in [9.17, 15) is 54.9 Å². The Labute approximate surface area is 175 Å². The fourth-order valence-corrected chi connectivity index (χ4v) is 3.33. The summed E-state index contributed by atoms with van der Waals surface area (Å²) in [5.41, 5.74) is -9.24. The van der Waals surface area contributed by atoms with Gasteiger partial charge in [0.05, 0.1) is 0 Å². The second kappa shape index (κ2) is 7.18. The number of fused-ring (bicyclic) bond motifs is 2. The number of carboxylic acids is 1. The van der Waals surface area contributed by atoms with Crippen LogP contribution in [0.2, 0.25) is 0 Å². The monoisotopic (exact) mass is 476 g/mol. The molecule has 2 aromatic carbocycles. The molecule has 13 heteroatoms. The summed E-state index contributed by atoms with van der Waals surface area (Å²) in [5, 5.41) is 17.7. The number of hydrogen-bond donors (Lipinski definition) is 2. The van der Waals surface area contributed by atoms with Crippen molar-refractivity contribution in [2.75, 3.05) is 0 Å². The van der Waals surface area contributed by atoms with Gasteiger partial charge in [0.1, 0.15) is 5.56 Å². The maximum absolute atomic E-state index is 14.8. The zero-order chi connectivity index (χ0) is 24.5. The van der Waals surface area contributed by atoms with Crippen molar-refractivity contribution in [3.8, 4) is 28.2 Å². The molecule has 5 nitrogen and oxygen atoms in total. The van der Waals surface area contributed by atoms with E-state index in [0.29, 0.717) is 0 Å². The molecule has 0 saturated carbocycles. The lowest BCUT2D eigenvalue weighted by Gasteiger charge is -2.19.